The normalized spacial score (nSPS) is 20.8. The topological polar surface area (TPSA) is 43.2 Å². The molecule has 2 aromatic rings. The number of epoxide rings is 1. The largest absolute Gasteiger partial charge is 0.371 e. The van der Waals surface area contributed by atoms with E-state index in [1.165, 1.54) is 0 Å². The Kier molecular flexibility index (Phi) is 1.37. The number of aromatic nitrogens is 3. The zero-order valence-electron chi connectivity index (χ0n) is 7.05. The second-order valence-electron chi connectivity index (χ2n) is 3.20. The first-order valence-electron chi connectivity index (χ1n) is 4.31. The molecule has 1 fully saturated rings. The highest BCUT2D eigenvalue weighted by molar-refractivity contribution is 5.69. The third-order valence-electron chi connectivity index (χ3n) is 2.18. The van der Waals surface area contributed by atoms with E-state index in [1.807, 2.05) is 23.0 Å². The lowest BCUT2D eigenvalue weighted by Gasteiger charge is -1.98. The van der Waals surface area contributed by atoms with Gasteiger partial charge in [0.25, 0.3) is 0 Å². The van der Waals surface area contributed by atoms with Crippen molar-refractivity contribution in [3.05, 3.63) is 24.7 Å². The number of hydrogen-bond acceptors (Lipinski definition) is 3. The van der Waals surface area contributed by atoms with Crippen LogP contribution in [-0.2, 0) is 11.3 Å². The van der Waals surface area contributed by atoms with Gasteiger partial charge in [0, 0.05) is 6.20 Å². The van der Waals surface area contributed by atoms with E-state index in [4.69, 9.17) is 4.74 Å². The van der Waals surface area contributed by atoms with Gasteiger partial charge in [-0.3, -0.25) is 0 Å². The first-order valence-corrected chi connectivity index (χ1v) is 4.31. The smallest absolute Gasteiger partial charge is 0.159 e. The highest BCUT2D eigenvalue weighted by Gasteiger charge is 2.23. The average molecular weight is 175 g/mol. The maximum atomic E-state index is 5.15. The third kappa shape index (κ3) is 1.19. The average Bonchev–Trinajstić information content (AvgIpc) is 2.88. The second kappa shape index (κ2) is 2.53. The van der Waals surface area contributed by atoms with E-state index in [9.17, 15) is 0 Å². The molecule has 3 heterocycles. The minimum absolute atomic E-state index is 0.374. The van der Waals surface area contributed by atoms with Crippen molar-refractivity contribution in [1.29, 1.82) is 0 Å². The van der Waals surface area contributed by atoms with Crippen LogP contribution in [0.1, 0.15) is 0 Å². The third-order valence-corrected chi connectivity index (χ3v) is 2.18. The molecular weight excluding hydrogens is 166 g/mol. The lowest BCUT2D eigenvalue weighted by molar-refractivity contribution is 0.384. The molecule has 0 unspecified atom stereocenters. The summed E-state index contributed by atoms with van der Waals surface area (Å²) in [5, 5.41) is 0. The molecule has 66 valence electrons. The summed E-state index contributed by atoms with van der Waals surface area (Å²) < 4.78 is 7.19. The van der Waals surface area contributed by atoms with Crippen LogP contribution in [-0.4, -0.2) is 27.2 Å². The van der Waals surface area contributed by atoms with Crippen LogP contribution in [0.5, 0.6) is 0 Å². The van der Waals surface area contributed by atoms with Crippen molar-refractivity contribution in [2.45, 2.75) is 12.6 Å². The predicted molar refractivity (Wildman–Crippen MR) is 47.3 cm³/mol. The molecular formula is C9H9N3O. The van der Waals surface area contributed by atoms with Gasteiger partial charge < -0.3 is 9.30 Å². The Morgan fingerprint density at radius 2 is 2.46 bits per heavy atom. The summed E-state index contributed by atoms with van der Waals surface area (Å²) in [6.45, 7) is 1.74. The molecule has 0 spiro atoms. The lowest BCUT2D eigenvalue weighted by atomic mass is 10.4. The number of pyridine rings is 1. The van der Waals surface area contributed by atoms with Gasteiger partial charge in [-0.15, -0.1) is 0 Å². The van der Waals surface area contributed by atoms with Gasteiger partial charge in [-0.2, -0.15) is 0 Å². The van der Waals surface area contributed by atoms with Crippen LogP contribution in [0.15, 0.2) is 24.7 Å². The Bertz CT molecular complexity index is 433. The first-order chi connectivity index (χ1) is 6.43. The lowest BCUT2D eigenvalue weighted by Crippen LogP contribution is -2.02. The molecule has 0 amide bonds. The fourth-order valence-electron chi connectivity index (χ4n) is 1.42. The SMILES string of the molecule is c1cnc2c(c1)ncn2C[C@H]1CO1. The maximum Gasteiger partial charge on any atom is 0.159 e. The monoisotopic (exact) mass is 175 g/mol. The summed E-state index contributed by atoms with van der Waals surface area (Å²) in [7, 11) is 0. The van der Waals surface area contributed by atoms with E-state index < -0.39 is 0 Å². The van der Waals surface area contributed by atoms with Crippen molar-refractivity contribution < 1.29 is 4.74 Å². The molecule has 1 atom stereocenters. The van der Waals surface area contributed by atoms with Gasteiger partial charge in [0.05, 0.1) is 25.6 Å². The van der Waals surface area contributed by atoms with Gasteiger partial charge in [0.15, 0.2) is 5.65 Å². The highest BCUT2D eigenvalue weighted by Crippen LogP contribution is 2.15. The van der Waals surface area contributed by atoms with Gasteiger partial charge in [-0.1, -0.05) is 0 Å². The number of imidazole rings is 1. The van der Waals surface area contributed by atoms with Crippen molar-refractivity contribution in [1.82, 2.24) is 14.5 Å². The number of nitrogens with zero attached hydrogens (tertiary/aromatic N) is 3. The Labute approximate surface area is 75.2 Å². The summed E-state index contributed by atoms with van der Waals surface area (Å²) >= 11 is 0. The molecule has 0 saturated carbocycles. The van der Waals surface area contributed by atoms with Crippen LogP contribution in [0.4, 0.5) is 0 Å². The number of hydrogen-bond donors (Lipinski definition) is 0. The van der Waals surface area contributed by atoms with Crippen LogP contribution in [0, 0.1) is 0 Å². The molecule has 4 heteroatoms. The Morgan fingerprint density at radius 1 is 1.54 bits per heavy atom. The summed E-state index contributed by atoms with van der Waals surface area (Å²) in [5.74, 6) is 0. The van der Waals surface area contributed by atoms with E-state index in [1.54, 1.807) is 6.20 Å². The highest BCUT2D eigenvalue weighted by atomic mass is 16.6. The first kappa shape index (κ1) is 7.03. The number of ether oxygens (including phenoxy) is 1. The van der Waals surface area contributed by atoms with Crippen LogP contribution in [0.2, 0.25) is 0 Å². The Morgan fingerprint density at radius 3 is 3.31 bits per heavy atom. The maximum absolute atomic E-state index is 5.15. The zero-order chi connectivity index (χ0) is 8.67. The molecule has 4 nitrogen and oxygen atoms in total. The van der Waals surface area contributed by atoms with E-state index >= 15 is 0 Å². The van der Waals surface area contributed by atoms with E-state index in [0.717, 1.165) is 24.3 Å². The predicted octanol–water partition coefficient (Wildman–Crippen LogP) is 0.830. The summed E-state index contributed by atoms with van der Waals surface area (Å²) in [6.07, 6.45) is 3.98. The fourth-order valence-corrected chi connectivity index (χ4v) is 1.42. The van der Waals surface area contributed by atoms with Crippen molar-refractivity contribution >= 4 is 11.2 Å². The van der Waals surface area contributed by atoms with Crippen LogP contribution < -0.4 is 0 Å². The molecule has 1 aliphatic rings. The minimum Gasteiger partial charge on any atom is -0.371 e. The van der Waals surface area contributed by atoms with Crippen LogP contribution in [0.3, 0.4) is 0 Å². The van der Waals surface area contributed by atoms with Gasteiger partial charge in [-0.05, 0) is 12.1 Å². The standard InChI is InChI=1S/C9H9N3O/c1-2-8-9(10-3-1)12(6-11-8)4-7-5-13-7/h1-3,6-7H,4-5H2/t7-/m0/s1. The molecule has 13 heavy (non-hydrogen) atoms. The number of rotatable bonds is 2. The van der Waals surface area contributed by atoms with Gasteiger partial charge in [0.1, 0.15) is 5.52 Å². The quantitative estimate of drug-likeness (QED) is 0.635. The molecule has 0 bridgehead atoms. The Balaban J connectivity index is 2.06. The summed E-state index contributed by atoms with van der Waals surface area (Å²) in [4.78, 5) is 8.51. The summed E-state index contributed by atoms with van der Waals surface area (Å²) in [6, 6.07) is 3.86. The van der Waals surface area contributed by atoms with Gasteiger partial charge in [0.2, 0.25) is 0 Å². The molecule has 1 saturated heterocycles. The van der Waals surface area contributed by atoms with E-state index in [0.29, 0.717) is 6.10 Å². The van der Waals surface area contributed by atoms with E-state index in [-0.39, 0.29) is 0 Å². The molecule has 0 N–H and O–H groups in total. The van der Waals surface area contributed by atoms with Crippen molar-refractivity contribution in [2.24, 2.45) is 0 Å². The molecule has 0 aliphatic carbocycles. The van der Waals surface area contributed by atoms with Crippen molar-refractivity contribution in [2.75, 3.05) is 6.61 Å². The molecule has 3 rings (SSSR count). The second-order valence-corrected chi connectivity index (χ2v) is 3.20. The van der Waals surface area contributed by atoms with Gasteiger partial charge in [-0.25, -0.2) is 9.97 Å². The zero-order valence-corrected chi connectivity index (χ0v) is 7.05. The van der Waals surface area contributed by atoms with E-state index in [2.05, 4.69) is 9.97 Å². The molecule has 1 aliphatic heterocycles. The van der Waals surface area contributed by atoms with Crippen molar-refractivity contribution in [3.8, 4) is 0 Å². The number of fused-ring (bicyclic) bond motifs is 1. The minimum atomic E-state index is 0.374. The Hall–Kier alpha value is -1.42. The molecule has 0 aromatic carbocycles. The fraction of sp³-hybridized carbons (Fsp3) is 0.333. The van der Waals surface area contributed by atoms with Crippen LogP contribution >= 0.6 is 0 Å². The van der Waals surface area contributed by atoms with Gasteiger partial charge >= 0.3 is 0 Å². The molecule has 0 radical (unpaired) electrons. The molecule has 2 aromatic heterocycles. The van der Waals surface area contributed by atoms with Crippen LogP contribution in [0.25, 0.3) is 11.2 Å². The summed E-state index contributed by atoms with van der Waals surface area (Å²) in [5.41, 5.74) is 1.89. The van der Waals surface area contributed by atoms with Crippen molar-refractivity contribution in [3.63, 3.8) is 0 Å².